The van der Waals surface area contributed by atoms with E-state index in [0.29, 0.717) is 18.6 Å². The third-order valence-electron chi connectivity index (χ3n) is 3.40. The second-order valence-corrected chi connectivity index (χ2v) is 4.49. The van der Waals surface area contributed by atoms with Crippen LogP contribution in [0.4, 0.5) is 0 Å². The highest BCUT2D eigenvalue weighted by atomic mass is 16.5. The van der Waals surface area contributed by atoms with Gasteiger partial charge in [-0.25, -0.2) is 4.79 Å². The maximum absolute atomic E-state index is 11.2. The number of carbonyl (C=O) groups excluding carboxylic acids is 1. The summed E-state index contributed by atoms with van der Waals surface area (Å²) in [5.41, 5.74) is 0.160. The lowest BCUT2D eigenvalue weighted by molar-refractivity contribution is -0.142. The van der Waals surface area contributed by atoms with Crippen LogP contribution in [-0.2, 0) is 9.53 Å². The molecule has 0 atom stereocenters. The van der Waals surface area contributed by atoms with Crippen molar-refractivity contribution in [3.05, 3.63) is 17.5 Å². The molecule has 0 radical (unpaired) electrons. The fourth-order valence-corrected chi connectivity index (χ4v) is 2.31. The van der Waals surface area contributed by atoms with E-state index in [1.54, 1.807) is 6.07 Å². The van der Waals surface area contributed by atoms with Crippen LogP contribution in [0.1, 0.15) is 47.8 Å². The van der Waals surface area contributed by atoms with Crippen LogP contribution in [0.5, 0.6) is 0 Å². The number of nitrogens with zero attached hydrogens (tertiary/aromatic N) is 1. The number of rotatable bonds is 3. The summed E-state index contributed by atoms with van der Waals surface area (Å²) in [7, 11) is 1.29. The highest BCUT2D eigenvalue weighted by Gasteiger charge is 2.29. The highest BCUT2D eigenvalue weighted by Crippen LogP contribution is 2.36. The van der Waals surface area contributed by atoms with Gasteiger partial charge in [0.15, 0.2) is 5.69 Å². The Hall–Kier alpha value is -1.85. The van der Waals surface area contributed by atoms with Gasteiger partial charge in [-0.3, -0.25) is 4.79 Å². The highest BCUT2D eigenvalue weighted by molar-refractivity contribution is 5.86. The Morgan fingerprint density at radius 3 is 2.61 bits per heavy atom. The lowest BCUT2D eigenvalue weighted by Crippen LogP contribution is -2.20. The van der Waals surface area contributed by atoms with Gasteiger partial charge in [-0.1, -0.05) is 5.16 Å². The average Bonchev–Trinajstić information content (AvgIpc) is 2.87. The van der Waals surface area contributed by atoms with Crippen LogP contribution in [0.3, 0.4) is 0 Å². The number of aliphatic carboxylic acids is 1. The van der Waals surface area contributed by atoms with E-state index in [9.17, 15) is 9.59 Å². The molecule has 0 unspecified atom stereocenters. The fraction of sp³-hybridized carbons (Fsp3) is 0.583. The number of ether oxygens (including phenoxy) is 1. The maximum Gasteiger partial charge on any atom is 0.360 e. The van der Waals surface area contributed by atoms with E-state index in [-0.39, 0.29) is 17.5 Å². The lowest BCUT2D eigenvalue weighted by atomic mass is 9.81. The van der Waals surface area contributed by atoms with Gasteiger partial charge in [0.2, 0.25) is 0 Å². The summed E-state index contributed by atoms with van der Waals surface area (Å²) in [6.45, 7) is 0. The van der Waals surface area contributed by atoms with Gasteiger partial charge < -0.3 is 14.4 Å². The van der Waals surface area contributed by atoms with Gasteiger partial charge in [-0.05, 0) is 25.7 Å². The molecule has 1 aliphatic rings. The first-order valence-corrected chi connectivity index (χ1v) is 5.89. The number of carboxylic acids is 1. The average molecular weight is 253 g/mol. The SMILES string of the molecule is COC(=O)c1cc(C2CCC(C(=O)O)CC2)on1. The smallest absolute Gasteiger partial charge is 0.360 e. The molecule has 98 valence electrons. The number of carbonyl (C=O) groups is 2. The van der Waals surface area contributed by atoms with Gasteiger partial charge in [-0.15, -0.1) is 0 Å². The van der Waals surface area contributed by atoms with Gasteiger partial charge in [0.05, 0.1) is 13.0 Å². The molecule has 0 aliphatic heterocycles. The number of methoxy groups -OCH3 is 1. The molecule has 0 bridgehead atoms. The van der Waals surface area contributed by atoms with Crippen molar-refractivity contribution >= 4 is 11.9 Å². The van der Waals surface area contributed by atoms with Crippen molar-refractivity contribution in [2.24, 2.45) is 5.92 Å². The zero-order chi connectivity index (χ0) is 13.1. The molecule has 1 aromatic heterocycles. The third kappa shape index (κ3) is 2.52. The summed E-state index contributed by atoms with van der Waals surface area (Å²) in [5.74, 6) is -0.736. The zero-order valence-electron chi connectivity index (χ0n) is 10.1. The van der Waals surface area contributed by atoms with Crippen LogP contribution in [0.15, 0.2) is 10.6 Å². The molecule has 1 N–H and O–H groups in total. The predicted octanol–water partition coefficient (Wildman–Crippen LogP) is 1.82. The lowest BCUT2D eigenvalue weighted by Gasteiger charge is -2.23. The van der Waals surface area contributed by atoms with E-state index in [1.807, 2.05) is 0 Å². The molecule has 1 saturated carbocycles. The van der Waals surface area contributed by atoms with Crippen LogP contribution in [0.2, 0.25) is 0 Å². The molecule has 6 nitrogen and oxygen atoms in total. The Bertz CT molecular complexity index is 445. The molecule has 1 aliphatic carbocycles. The fourth-order valence-electron chi connectivity index (χ4n) is 2.31. The van der Waals surface area contributed by atoms with E-state index in [4.69, 9.17) is 9.63 Å². The first-order valence-electron chi connectivity index (χ1n) is 5.89. The number of esters is 1. The van der Waals surface area contributed by atoms with Crippen LogP contribution in [0, 0.1) is 5.92 Å². The second-order valence-electron chi connectivity index (χ2n) is 4.49. The normalized spacial score (nSPS) is 23.6. The summed E-state index contributed by atoms with van der Waals surface area (Å²) in [5, 5.41) is 12.6. The molecule has 6 heteroatoms. The van der Waals surface area contributed by atoms with Crippen molar-refractivity contribution in [2.45, 2.75) is 31.6 Å². The van der Waals surface area contributed by atoms with Gasteiger partial charge in [0, 0.05) is 12.0 Å². The maximum atomic E-state index is 11.2. The zero-order valence-corrected chi connectivity index (χ0v) is 10.1. The quantitative estimate of drug-likeness (QED) is 0.826. The van der Waals surface area contributed by atoms with Crippen molar-refractivity contribution in [2.75, 3.05) is 7.11 Å². The standard InChI is InChI=1S/C12H15NO5/c1-17-12(16)9-6-10(18-13-9)7-2-4-8(5-3-7)11(14)15/h6-8H,2-5H2,1H3,(H,14,15). The molecule has 0 spiro atoms. The molecule has 1 heterocycles. The number of aromatic nitrogens is 1. The van der Waals surface area contributed by atoms with E-state index < -0.39 is 11.9 Å². The predicted molar refractivity (Wildman–Crippen MR) is 60.2 cm³/mol. The minimum atomic E-state index is -0.735. The van der Waals surface area contributed by atoms with E-state index >= 15 is 0 Å². The molecule has 2 rings (SSSR count). The summed E-state index contributed by atoms with van der Waals surface area (Å²) in [4.78, 5) is 22.1. The summed E-state index contributed by atoms with van der Waals surface area (Å²) >= 11 is 0. The number of carboxylic acid groups (broad SMARTS) is 1. The largest absolute Gasteiger partial charge is 0.481 e. The molecule has 18 heavy (non-hydrogen) atoms. The van der Waals surface area contributed by atoms with Crippen LogP contribution >= 0.6 is 0 Å². The second kappa shape index (κ2) is 5.20. The summed E-state index contributed by atoms with van der Waals surface area (Å²) in [6, 6.07) is 1.58. The Morgan fingerprint density at radius 1 is 1.39 bits per heavy atom. The molecular weight excluding hydrogens is 238 g/mol. The Labute approximate surface area is 104 Å². The number of hydrogen-bond donors (Lipinski definition) is 1. The third-order valence-corrected chi connectivity index (χ3v) is 3.40. The van der Waals surface area contributed by atoms with E-state index in [2.05, 4.69) is 9.89 Å². The van der Waals surface area contributed by atoms with Gasteiger partial charge >= 0.3 is 11.9 Å². The minimum absolute atomic E-state index is 0.145. The van der Waals surface area contributed by atoms with Crippen LogP contribution < -0.4 is 0 Å². The molecule has 0 saturated heterocycles. The van der Waals surface area contributed by atoms with Crippen LogP contribution in [-0.4, -0.2) is 29.3 Å². The van der Waals surface area contributed by atoms with E-state index in [1.165, 1.54) is 7.11 Å². The monoisotopic (exact) mass is 253 g/mol. The summed E-state index contributed by atoms with van der Waals surface area (Å²) < 4.78 is 9.67. The van der Waals surface area contributed by atoms with Crippen molar-refractivity contribution in [1.82, 2.24) is 5.16 Å². The molecule has 1 fully saturated rings. The molecule has 1 aromatic rings. The Morgan fingerprint density at radius 2 is 2.06 bits per heavy atom. The van der Waals surface area contributed by atoms with Crippen molar-refractivity contribution in [3.8, 4) is 0 Å². The summed E-state index contributed by atoms with van der Waals surface area (Å²) in [6.07, 6.45) is 2.75. The van der Waals surface area contributed by atoms with Crippen molar-refractivity contribution in [1.29, 1.82) is 0 Å². The first kappa shape index (κ1) is 12.6. The Balaban J connectivity index is 1.99. The topological polar surface area (TPSA) is 89.6 Å². The molecule has 0 amide bonds. The van der Waals surface area contributed by atoms with Crippen LogP contribution in [0.25, 0.3) is 0 Å². The van der Waals surface area contributed by atoms with Crippen molar-refractivity contribution < 1.29 is 24.0 Å². The van der Waals surface area contributed by atoms with Gasteiger partial charge in [-0.2, -0.15) is 0 Å². The van der Waals surface area contributed by atoms with Gasteiger partial charge in [0.1, 0.15) is 5.76 Å². The molecular formula is C12H15NO5. The Kier molecular flexibility index (Phi) is 3.64. The first-order chi connectivity index (χ1) is 8.61. The van der Waals surface area contributed by atoms with Crippen molar-refractivity contribution in [3.63, 3.8) is 0 Å². The van der Waals surface area contributed by atoms with Gasteiger partial charge in [0.25, 0.3) is 0 Å². The van der Waals surface area contributed by atoms with E-state index in [0.717, 1.165) is 12.8 Å². The molecule has 0 aromatic carbocycles. The minimum Gasteiger partial charge on any atom is -0.481 e. The number of hydrogen-bond acceptors (Lipinski definition) is 5.